The summed E-state index contributed by atoms with van der Waals surface area (Å²) >= 11 is 2.44. The molecule has 1 saturated heterocycles. The van der Waals surface area contributed by atoms with Crippen LogP contribution in [0, 0.1) is 5.92 Å². The van der Waals surface area contributed by atoms with Gasteiger partial charge in [-0.05, 0) is 57.4 Å². The molecule has 0 bridgehead atoms. The molecule has 1 aliphatic rings. The Hall–Kier alpha value is 0.527. The molecule has 28 heavy (non-hydrogen) atoms. The zero-order chi connectivity index (χ0) is 20.8. The minimum Gasteiger partial charge on any atom is -0.356 e. The Morgan fingerprint density at radius 3 is 2.68 bits per heavy atom. The highest BCUT2D eigenvalue weighted by Crippen LogP contribution is 2.22. The maximum absolute atomic E-state index is 6.17. The Balaban J connectivity index is 2.11. The first kappa shape index (κ1) is 26.6. The Morgan fingerprint density at radius 1 is 1.25 bits per heavy atom. The van der Waals surface area contributed by atoms with Crippen LogP contribution < -0.4 is 0 Å². The van der Waals surface area contributed by atoms with Gasteiger partial charge >= 0.3 is 0 Å². The third-order valence-corrected chi connectivity index (χ3v) is 7.65. The fourth-order valence-electron chi connectivity index (χ4n) is 3.13. The summed E-state index contributed by atoms with van der Waals surface area (Å²) in [6, 6.07) is 1.19. The second-order valence-corrected chi connectivity index (χ2v) is 15.9. The van der Waals surface area contributed by atoms with Crippen molar-refractivity contribution in [1.29, 1.82) is 0 Å². The second kappa shape index (κ2) is 15.3. The molecule has 0 amide bonds. The zero-order valence-corrected chi connectivity index (χ0v) is 22.0. The van der Waals surface area contributed by atoms with Crippen LogP contribution in [0.15, 0.2) is 11.6 Å². The van der Waals surface area contributed by atoms with Gasteiger partial charge in [0.2, 0.25) is 0 Å². The third kappa shape index (κ3) is 14.5. The van der Waals surface area contributed by atoms with E-state index in [0.717, 1.165) is 36.9 Å². The molecule has 0 N–H and O–H groups in total. The minimum absolute atomic E-state index is 0.0213. The van der Waals surface area contributed by atoms with E-state index in [0.29, 0.717) is 25.4 Å². The van der Waals surface area contributed by atoms with Crippen molar-refractivity contribution in [2.24, 2.45) is 5.92 Å². The first-order valence-corrected chi connectivity index (χ1v) is 16.2. The average molecular weight is 527 g/mol. The fourth-order valence-corrected chi connectivity index (χ4v) is 4.45. The van der Waals surface area contributed by atoms with E-state index in [4.69, 9.17) is 18.9 Å². The predicted octanol–water partition coefficient (Wildman–Crippen LogP) is 6.41. The minimum atomic E-state index is -1.00. The topological polar surface area (TPSA) is 36.9 Å². The lowest BCUT2D eigenvalue weighted by molar-refractivity contribution is -0.185. The fraction of sp³-hybridized carbons (Fsp3) is 0.909. The molecule has 0 spiro atoms. The van der Waals surface area contributed by atoms with Gasteiger partial charge in [-0.1, -0.05) is 60.8 Å². The van der Waals surface area contributed by atoms with Gasteiger partial charge in [0.25, 0.3) is 0 Å². The maximum Gasteiger partial charge on any atom is 0.157 e. The second-order valence-electron chi connectivity index (χ2n) is 9.36. The van der Waals surface area contributed by atoms with Gasteiger partial charge in [-0.15, -0.1) is 0 Å². The summed E-state index contributed by atoms with van der Waals surface area (Å²) < 4.78 is 24.1. The van der Waals surface area contributed by atoms with E-state index in [1.165, 1.54) is 30.9 Å². The van der Waals surface area contributed by atoms with Crippen molar-refractivity contribution in [2.45, 2.75) is 90.5 Å². The SMILES string of the molecule is C/C(=C\CC[C@H](C)C[C@@H](CI)O[C@H]1CCCCO1)COCOCC[Si](C)(C)C. The molecule has 166 valence electrons. The van der Waals surface area contributed by atoms with Gasteiger partial charge in [0, 0.05) is 25.7 Å². The van der Waals surface area contributed by atoms with Crippen LogP contribution >= 0.6 is 22.6 Å². The molecule has 0 unspecified atom stereocenters. The summed E-state index contributed by atoms with van der Waals surface area (Å²) in [4.78, 5) is 0. The van der Waals surface area contributed by atoms with Crippen LogP contribution in [0.1, 0.15) is 52.4 Å². The van der Waals surface area contributed by atoms with E-state index in [1.807, 2.05) is 0 Å². The van der Waals surface area contributed by atoms with Crippen LogP contribution in [0.4, 0.5) is 0 Å². The van der Waals surface area contributed by atoms with Crippen molar-refractivity contribution in [2.75, 3.05) is 31.0 Å². The van der Waals surface area contributed by atoms with E-state index in [-0.39, 0.29) is 6.29 Å². The van der Waals surface area contributed by atoms with Crippen LogP contribution in [0.2, 0.25) is 25.7 Å². The number of alkyl halides is 1. The molecule has 4 nitrogen and oxygen atoms in total. The molecule has 0 aromatic heterocycles. The van der Waals surface area contributed by atoms with E-state index in [2.05, 4.69) is 62.2 Å². The van der Waals surface area contributed by atoms with Crippen LogP contribution in [0.3, 0.4) is 0 Å². The Labute approximate surface area is 188 Å². The van der Waals surface area contributed by atoms with Crippen molar-refractivity contribution in [3.05, 3.63) is 11.6 Å². The standard InChI is InChI=1S/C22H43IO4Si/c1-19(15-21(16-23)27-22-11-6-7-12-26-22)9-8-10-20(2)17-25-18-24-13-14-28(3,4)5/h10,19,21-22H,6-9,11-18H2,1-5H3/b20-10+/t19-,21-,22-/m0/s1. The molecule has 0 aromatic rings. The first-order chi connectivity index (χ1) is 13.3. The lowest BCUT2D eigenvalue weighted by Gasteiger charge is -2.28. The van der Waals surface area contributed by atoms with Crippen molar-refractivity contribution in [3.8, 4) is 0 Å². The van der Waals surface area contributed by atoms with Crippen LogP contribution in [0.25, 0.3) is 0 Å². The smallest absolute Gasteiger partial charge is 0.157 e. The van der Waals surface area contributed by atoms with Crippen molar-refractivity contribution < 1.29 is 18.9 Å². The molecule has 3 atom stereocenters. The normalized spacial score (nSPS) is 20.9. The summed E-state index contributed by atoms with van der Waals surface area (Å²) in [6.07, 6.45) is 9.47. The number of allylic oxidation sites excluding steroid dienone is 1. The van der Waals surface area contributed by atoms with Gasteiger partial charge in [0.05, 0.1) is 12.7 Å². The number of hydrogen-bond acceptors (Lipinski definition) is 4. The van der Waals surface area contributed by atoms with Gasteiger partial charge in [-0.25, -0.2) is 0 Å². The summed E-state index contributed by atoms with van der Waals surface area (Å²) in [5.41, 5.74) is 1.29. The molecular formula is C22H43IO4Si. The number of ether oxygens (including phenoxy) is 4. The first-order valence-electron chi connectivity index (χ1n) is 10.9. The summed E-state index contributed by atoms with van der Waals surface area (Å²) in [5, 5.41) is 0. The van der Waals surface area contributed by atoms with Crippen molar-refractivity contribution in [1.82, 2.24) is 0 Å². The molecule has 0 saturated carbocycles. The number of rotatable bonds is 15. The largest absolute Gasteiger partial charge is 0.356 e. The average Bonchev–Trinajstić information content (AvgIpc) is 2.64. The van der Waals surface area contributed by atoms with Gasteiger partial charge in [0.15, 0.2) is 6.29 Å². The van der Waals surface area contributed by atoms with Crippen molar-refractivity contribution >= 4 is 30.7 Å². The molecule has 0 aliphatic carbocycles. The van der Waals surface area contributed by atoms with Gasteiger partial charge in [0.1, 0.15) is 6.79 Å². The Kier molecular flexibility index (Phi) is 14.6. The van der Waals surface area contributed by atoms with Gasteiger partial charge < -0.3 is 18.9 Å². The monoisotopic (exact) mass is 526 g/mol. The van der Waals surface area contributed by atoms with Crippen LogP contribution in [0.5, 0.6) is 0 Å². The van der Waals surface area contributed by atoms with Gasteiger partial charge in [-0.2, -0.15) is 0 Å². The molecular weight excluding hydrogens is 483 g/mol. The highest BCUT2D eigenvalue weighted by atomic mass is 127. The number of halogens is 1. The highest BCUT2D eigenvalue weighted by molar-refractivity contribution is 14.1. The van der Waals surface area contributed by atoms with E-state index < -0.39 is 8.07 Å². The van der Waals surface area contributed by atoms with E-state index in [1.54, 1.807) is 0 Å². The molecule has 1 fully saturated rings. The van der Waals surface area contributed by atoms with E-state index >= 15 is 0 Å². The maximum atomic E-state index is 6.17. The van der Waals surface area contributed by atoms with Crippen molar-refractivity contribution in [3.63, 3.8) is 0 Å². The van der Waals surface area contributed by atoms with Gasteiger partial charge in [-0.3, -0.25) is 0 Å². The summed E-state index contributed by atoms with van der Waals surface area (Å²) in [5.74, 6) is 0.651. The Morgan fingerprint density at radius 2 is 2.04 bits per heavy atom. The lowest BCUT2D eigenvalue weighted by atomic mass is 9.98. The Bertz CT molecular complexity index is 419. The summed E-state index contributed by atoms with van der Waals surface area (Å²) in [6.45, 7) is 14.3. The molecule has 0 radical (unpaired) electrons. The predicted molar refractivity (Wildman–Crippen MR) is 129 cm³/mol. The molecule has 1 heterocycles. The van der Waals surface area contributed by atoms with Crippen LogP contribution in [-0.4, -0.2) is 51.5 Å². The molecule has 1 aliphatic heterocycles. The third-order valence-electron chi connectivity index (χ3n) is 4.96. The number of hydrogen-bond donors (Lipinski definition) is 0. The zero-order valence-electron chi connectivity index (χ0n) is 18.8. The molecule has 1 rings (SSSR count). The summed E-state index contributed by atoms with van der Waals surface area (Å²) in [7, 11) is -1.00. The quantitative estimate of drug-likeness (QED) is 0.0617. The molecule has 0 aromatic carbocycles. The highest BCUT2D eigenvalue weighted by Gasteiger charge is 2.20. The van der Waals surface area contributed by atoms with Crippen LogP contribution in [-0.2, 0) is 18.9 Å². The lowest BCUT2D eigenvalue weighted by Crippen LogP contribution is -2.29. The molecule has 6 heteroatoms. The van der Waals surface area contributed by atoms with E-state index in [9.17, 15) is 0 Å².